The Morgan fingerprint density at radius 1 is 0.891 bits per heavy atom. The van der Waals surface area contributed by atoms with Gasteiger partial charge in [0.15, 0.2) is 9.84 Å². The number of carbonyl (C=O) groups excluding carboxylic acids is 3. The standard InChI is InChI=1S/C36H58N4O5S/c1-24(22-40-23-28-17-12-11-16-27(28)21-30(40)33(42)39-35(2,3)4)29(20-25-14-9-8-10-15-25)37-34(43)31(36(5,6)46(7,44)45)38-32(41)26-18-13-19-26/h8-10,14-15,24,26-31H,11-13,16-23H2,1-7H3,(H,37,43)(H,38,41)(H,39,42)/t24-,27+,28?,29+,30+,31-/m1/s1. The number of amides is 3. The Kier molecular flexibility index (Phi) is 11.7. The summed E-state index contributed by atoms with van der Waals surface area (Å²) in [5.74, 6) is 0.142. The van der Waals surface area contributed by atoms with Crippen LogP contribution in [0, 0.1) is 23.7 Å². The molecule has 1 aromatic rings. The van der Waals surface area contributed by atoms with Crippen molar-refractivity contribution in [2.45, 2.75) is 128 Å². The van der Waals surface area contributed by atoms with Gasteiger partial charge in [-0.2, -0.15) is 0 Å². The maximum atomic E-state index is 14.1. The normalized spacial score (nSPS) is 24.9. The third-order valence-electron chi connectivity index (χ3n) is 10.8. The van der Waals surface area contributed by atoms with Crippen molar-refractivity contribution in [2.75, 3.05) is 19.3 Å². The molecule has 9 nitrogen and oxygen atoms in total. The predicted octanol–water partition coefficient (Wildman–Crippen LogP) is 4.25. The van der Waals surface area contributed by atoms with Gasteiger partial charge in [0.25, 0.3) is 0 Å². The zero-order chi connectivity index (χ0) is 33.9. The van der Waals surface area contributed by atoms with E-state index in [1.807, 2.05) is 51.1 Å². The average Bonchev–Trinajstić information content (AvgIpc) is 2.93. The number of sulfone groups is 1. The zero-order valence-electron chi connectivity index (χ0n) is 29.1. The quantitative estimate of drug-likeness (QED) is 0.309. The number of piperidine rings is 1. The van der Waals surface area contributed by atoms with Gasteiger partial charge in [-0.05, 0) is 90.0 Å². The topological polar surface area (TPSA) is 125 Å². The third kappa shape index (κ3) is 9.12. The molecule has 3 fully saturated rings. The maximum Gasteiger partial charge on any atom is 0.244 e. The van der Waals surface area contributed by atoms with Crippen molar-refractivity contribution >= 4 is 27.6 Å². The molecule has 1 saturated heterocycles. The fourth-order valence-electron chi connectivity index (χ4n) is 7.35. The van der Waals surface area contributed by atoms with Crippen molar-refractivity contribution in [2.24, 2.45) is 23.7 Å². The van der Waals surface area contributed by atoms with Gasteiger partial charge in [0.1, 0.15) is 6.04 Å². The van der Waals surface area contributed by atoms with Gasteiger partial charge in [0, 0.05) is 36.8 Å². The molecular weight excluding hydrogens is 600 g/mol. The van der Waals surface area contributed by atoms with Crippen molar-refractivity contribution in [1.29, 1.82) is 0 Å². The number of nitrogens with one attached hydrogen (secondary N) is 3. The van der Waals surface area contributed by atoms with Gasteiger partial charge in [-0.3, -0.25) is 19.3 Å². The zero-order valence-corrected chi connectivity index (χ0v) is 29.9. The van der Waals surface area contributed by atoms with Gasteiger partial charge < -0.3 is 16.0 Å². The molecule has 1 aliphatic heterocycles. The highest BCUT2D eigenvalue weighted by atomic mass is 32.2. The van der Waals surface area contributed by atoms with Gasteiger partial charge in [0.05, 0.1) is 10.8 Å². The molecule has 1 aromatic carbocycles. The summed E-state index contributed by atoms with van der Waals surface area (Å²) in [5, 5.41) is 9.27. The summed E-state index contributed by atoms with van der Waals surface area (Å²) in [5.41, 5.74) is 0.706. The predicted molar refractivity (Wildman–Crippen MR) is 183 cm³/mol. The number of carbonyl (C=O) groups is 3. The minimum Gasteiger partial charge on any atom is -0.351 e. The molecule has 46 heavy (non-hydrogen) atoms. The molecule has 10 heteroatoms. The van der Waals surface area contributed by atoms with Gasteiger partial charge in [-0.15, -0.1) is 0 Å². The third-order valence-corrected chi connectivity index (χ3v) is 13.0. The SMILES string of the molecule is C[C@H](CN1CC2CCCC[C@H]2C[C@H]1C(=O)NC(C)(C)C)[C@H](Cc1ccccc1)NC(=O)[C@@H](NC(=O)C1CCC1)C(C)(C)S(C)(=O)=O. The number of nitrogens with zero attached hydrogens (tertiary/aromatic N) is 1. The number of fused-ring (bicyclic) bond motifs is 1. The molecule has 0 radical (unpaired) electrons. The lowest BCUT2D eigenvalue weighted by atomic mass is 9.72. The van der Waals surface area contributed by atoms with E-state index in [1.165, 1.54) is 39.5 Å². The van der Waals surface area contributed by atoms with Crippen LogP contribution in [0.4, 0.5) is 0 Å². The Bertz CT molecular complexity index is 1320. The molecule has 1 heterocycles. The lowest BCUT2D eigenvalue weighted by Gasteiger charge is -2.47. The van der Waals surface area contributed by atoms with E-state index >= 15 is 0 Å². The maximum absolute atomic E-state index is 14.1. The lowest BCUT2D eigenvalue weighted by molar-refractivity contribution is -0.134. The van der Waals surface area contributed by atoms with Crippen LogP contribution in [0.25, 0.3) is 0 Å². The number of hydrogen-bond donors (Lipinski definition) is 3. The van der Waals surface area contributed by atoms with Crippen LogP contribution in [0.15, 0.2) is 30.3 Å². The van der Waals surface area contributed by atoms with E-state index in [-0.39, 0.29) is 41.3 Å². The first-order valence-corrected chi connectivity index (χ1v) is 19.3. The van der Waals surface area contributed by atoms with Gasteiger partial charge in [-0.25, -0.2) is 8.42 Å². The second kappa shape index (κ2) is 14.8. The molecule has 2 saturated carbocycles. The van der Waals surface area contributed by atoms with Crippen LogP contribution >= 0.6 is 0 Å². The van der Waals surface area contributed by atoms with Crippen LogP contribution in [0.1, 0.15) is 98.5 Å². The van der Waals surface area contributed by atoms with Crippen molar-refractivity contribution in [3.63, 3.8) is 0 Å². The summed E-state index contributed by atoms with van der Waals surface area (Å²) in [6.45, 7) is 12.6. The highest BCUT2D eigenvalue weighted by Gasteiger charge is 2.46. The van der Waals surface area contributed by atoms with E-state index in [9.17, 15) is 22.8 Å². The largest absolute Gasteiger partial charge is 0.351 e. The van der Waals surface area contributed by atoms with Crippen molar-refractivity contribution in [3.8, 4) is 0 Å². The monoisotopic (exact) mass is 658 g/mol. The van der Waals surface area contributed by atoms with Crippen molar-refractivity contribution in [3.05, 3.63) is 35.9 Å². The summed E-state index contributed by atoms with van der Waals surface area (Å²) in [7, 11) is -3.72. The smallest absolute Gasteiger partial charge is 0.244 e. The van der Waals surface area contributed by atoms with Crippen molar-refractivity contribution in [1.82, 2.24) is 20.9 Å². The van der Waals surface area contributed by atoms with E-state index in [0.29, 0.717) is 24.8 Å². The van der Waals surface area contributed by atoms with E-state index in [0.717, 1.165) is 44.0 Å². The molecule has 3 aliphatic rings. The average molecular weight is 659 g/mol. The molecule has 0 bridgehead atoms. The first-order chi connectivity index (χ1) is 21.5. The fourth-order valence-corrected chi connectivity index (χ4v) is 7.95. The Hall–Kier alpha value is -2.46. The van der Waals surface area contributed by atoms with Gasteiger partial charge >= 0.3 is 0 Å². The second-order valence-electron chi connectivity index (χ2n) is 16.0. The van der Waals surface area contributed by atoms with Crippen LogP contribution in [0.5, 0.6) is 0 Å². The summed E-state index contributed by atoms with van der Waals surface area (Å²) >= 11 is 0. The molecule has 3 amide bonds. The minimum absolute atomic E-state index is 0.0565. The van der Waals surface area contributed by atoms with E-state index < -0.39 is 26.5 Å². The van der Waals surface area contributed by atoms with Crippen LogP contribution in [0.3, 0.4) is 0 Å². The van der Waals surface area contributed by atoms with Gasteiger partial charge in [0.2, 0.25) is 17.7 Å². The van der Waals surface area contributed by atoms with Gasteiger partial charge in [-0.1, -0.05) is 62.9 Å². The number of benzene rings is 1. The summed E-state index contributed by atoms with van der Waals surface area (Å²) < 4.78 is 24.4. The van der Waals surface area contributed by atoms with Crippen LogP contribution in [-0.4, -0.2) is 78.8 Å². The Labute approximate surface area is 277 Å². The summed E-state index contributed by atoms with van der Waals surface area (Å²) in [4.78, 5) is 43.2. The lowest BCUT2D eigenvalue weighted by Crippen LogP contribution is -2.63. The molecule has 0 aromatic heterocycles. The summed E-state index contributed by atoms with van der Waals surface area (Å²) in [6.07, 6.45) is 9.73. The first-order valence-electron chi connectivity index (χ1n) is 17.4. The van der Waals surface area contributed by atoms with Crippen LogP contribution in [0.2, 0.25) is 0 Å². The number of likely N-dealkylation sites (tertiary alicyclic amines) is 1. The number of rotatable bonds is 12. The summed E-state index contributed by atoms with van der Waals surface area (Å²) in [6, 6.07) is 8.08. The van der Waals surface area contributed by atoms with E-state index in [2.05, 4.69) is 27.8 Å². The molecule has 1 unspecified atom stereocenters. The number of hydrogen-bond acceptors (Lipinski definition) is 6. The molecule has 6 atom stereocenters. The Morgan fingerprint density at radius 3 is 2.09 bits per heavy atom. The molecule has 4 rings (SSSR count). The molecule has 258 valence electrons. The van der Waals surface area contributed by atoms with Crippen LogP contribution in [-0.2, 0) is 30.6 Å². The van der Waals surface area contributed by atoms with Crippen LogP contribution < -0.4 is 16.0 Å². The fraction of sp³-hybridized carbons (Fsp3) is 0.750. The molecule has 2 aliphatic carbocycles. The molecular formula is C36H58N4O5S. The minimum atomic E-state index is -3.72. The Balaban J connectivity index is 1.60. The second-order valence-corrected chi connectivity index (χ2v) is 18.6. The molecule has 3 N–H and O–H groups in total. The Morgan fingerprint density at radius 2 is 1.52 bits per heavy atom. The van der Waals surface area contributed by atoms with Crippen molar-refractivity contribution < 1.29 is 22.8 Å². The first kappa shape index (κ1) is 36.4. The van der Waals surface area contributed by atoms with E-state index in [4.69, 9.17) is 0 Å². The van der Waals surface area contributed by atoms with E-state index in [1.54, 1.807) is 0 Å². The molecule has 0 spiro atoms. The highest BCUT2D eigenvalue weighted by Crippen LogP contribution is 2.39. The highest BCUT2D eigenvalue weighted by molar-refractivity contribution is 7.92.